The van der Waals surface area contributed by atoms with Crippen LogP contribution >= 0.6 is 11.3 Å². The van der Waals surface area contributed by atoms with Gasteiger partial charge in [0.15, 0.2) is 5.01 Å². The number of hydrogen-bond donors (Lipinski definition) is 1. The predicted molar refractivity (Wildman–Crippen MR) is 104 cm³/mol. The van der Waals surface area contributed by atoms with Gasteiger partial charge in [-0.2, -0.15) is 0 Å². The van der Waals surface area contributed by atoms with E-state index < -0.39 is 12.0 Å². The van der Waals surface area contributed by atoms with E-state index in [2.05, 4.69) is 15.3 Å². The van der Waals surface area contributed by atoms with Crippen LogP contribution in [-0.2, 0) is 16.1 Å². The fourth-order valence-corrected chi connectivity index (χ4v) is 3.45. The standard InChI is InChI=1S/C19H22N4O3S/c1-12(2)10-26-19(25)15(9-23-7-6-20-11-23)21-17(24)18-22-14-5-4-13(3)8-16(14)27-18/h4-8,11-12,15H,9-10H2,1-3H3,(H,21,24). The second-order valence-corrected chi connectivity index (χ2v) is 7.83. The van der Waals surface area contributed by atoms with Crippen LogP contribution in [0.25, 0.3) is 10.2 Å². The van der Waals surface area contributed by atoms with Crippen LogP contribution in [0.5, 0.6) is 0 Å². The third-order valence-corrected chi connectivity index (χ3v) is 4.86. The highest BCUT2D eigenvalue weighted by Gasteiger charge is 2.25. The van der Waals surface area contributed by atoms with E-state index in [1.807, 2.05) is 39.0 Å². The van der Waals surface area contributed by atoms with Gasteiger partial charge in [0.05, 0.1) is 29.7 Å². The SMILES string of the molecule is Cc1ccc2nc(C(=O)NC(Cn3ccnc3)C(=O)OCC(C)C)sc2c1. The second kappa shape index (κ2) is 8.30. The number of amides is 1. The lowest BCUT2D eigenvalue weighted by molar-refractivity contribution is -0.147. The number of hydrogen-bond acceptors (Lipinski definition) is 6. The summed E-state index contributed by atoms with van der Waals surface area (Å²) in [7, 11) is 0. The third-order valence-electron chi connectivity index (χ3n) is 3.84. The fourth-order valence-electron chi connectivity index (χ4n) is 2.48. The van der Waals surface area contributed by atoms with E-state index >= 15 is 0 Å². The van der Waals surface area contributed by atoms with Crippen LogP contribution in [0.2, 0.25) is 0 Å². The zero-order valence-corrected chi connectivity index (χ0v) is 16.3. The molecule has 27 heavy (non-hydrogen) atoms. The van der Waals surface area contributed by atoms with Gasteiger partial charge in [-0.1, -0.05) is 19.9 Å². The van der Waals surface area contributed by atoms with Crippen molar-refractivity contribution in [3.8, 4) is 0 Å². The van der Waals surface area contributed by atoms with Crippen molar-refractivity contribution in [3.05, 3.63) is 47.5 Å². The Kier molecular flexibility index (Phi) is 5.85. The van der Waals surface area contributed by atoms with Gasteiger partial charge >= 0.3 is 5.97 Å². The number of carbonyl (C=O) groups excluding carboxylic acids is 2. The highest BCUT2D eigenvalue weighted by atomic mass is 32.1. The molecule has 0 aliphatic rings. The lowest BCUT2D eigenvalue weighted by Crippen LogP contribution is -2.44. The fraction of sp³-hybridized carbons (Fsp3) is 0.368. The summed E-state index contributed by atoms with van der Waals surface area (Å²) in [6.07, 6.45) is 4.94. The number of ether oxygens (including phenoxy) is 1. The molecule has 142 valence electrons. The number of imidazole rings is 1. The maximum atomic E-state index is 12.7. The molecule has 8 heteroatoms. The summed E-state index contributed by atoms with van der Waals surface area (Å²) in [6.45, 7) is 6.45. The van der Waals surface area contributed by atoms with Crippen molar-refractivity contribution in [2.24, 2.45) is 5.92 Å². The lowest BCUT2D eigenvalue weighted by atomic mass is 10.2. The number of nitrogens with zero attached hydrogens (tertiary/aromatic N) is 3. The van der Waals surface area contributed by atoms with E-state index in [0.29, 0.717) is 11.6 Å². The largest absolute Gasteiger partial charge is 0.464 e. The summed E-state index contributed by atoms with van der Waals surface area (Å²) >= 11 is 1.31. The summed E-state index contributed by atoms with van der Waals surface area (Å²) in [4.78, 5) is 33.5. The van der Waals surface area contributed by atoms with Gasteiger partial charge in [-0.3, -0.25) is 4.79 Å². The van der Waals surface area contributed by atoms with Crippen molar-refractivity contribution in [1.82, 2.24) is 19.9 Å². The first-order valence-electron chi connectivity index (χ1n) is 8.73. The van der Waals surface area contributed by atoms with Crippen LogP contribution in [-0.4, -0.2) is 39.1 Å². The lowest BCUT2D eigenvalue weighted by Gasteiger charge is -2.18. The molecule has 0 saturated carbocycles. The number of aromatic nitrogens is 3. The molecule has 0 bridgehead atoms. The predicted octanol–water partition coefficient (Wildman–Crippen LogP) is 2.80. The van der Waals surface area contributed by atoms with Crippen molar-refractivity contribution < 1.29 is 14.3 Å². The molecule has 1 atom stereocenters. The Morgan fingerprint density at radius 3 is 2.85 bits per heavy atom. The Labute approximate surface area is 161 Å². The summed E-state index contributed by atoms with van der Waals surface area (Å²) in [6, 6.07) is 5.01. The van der Waals surface area contributed by atoms with E-state index in [1.165, 1.54) is 11.3 Å². The molecule has 0 fully saturated rings. The number of nitrogens with one attached hydrogen (secondary N) is 1. The minimum absolute atomic E-state index is 0.214. The normalized spacial score (nSPS) is 12.3. The highest BCUT2D eigenvalue weighted by molar-refractivity contribution is 7.20. The Hall–Kier alpha value is -2.74. The van der Waals surface area contributed by atoms with Gasteiger partial charge in [0.2, 0.25) is 0 Å². The average molecular weight is 386 g/mol. The molecule has 1 aromatic carbocycles. The first-order chi connectivity index (χ1) is 12.9. The van der Waals surface area contributed by atoms with Gasteiger partial charge in [0, 0.05) is 12.4 Å². The number of fused-ring (bicyclic) bond motifs is 1. The van der Waals surface area contributed by atoms with Crippen LogP contribution in [0.15, 0.2) is 36.9 Å². The van der Waals surface area contributed by atoms with E-state index in [9.17, 15) is 9.59 Å². The van der Waals surface area contributed by atoms with Crippen molar-refractivity contribution in [2.45, 2.75) is 33.4 Å². The van der Waals surface area contributed by atoms with Crippen LogP contribution < -0.4 is 5.32 Å². The molecule has 3 rings (SSSR count). The molecule has 7 nitrogen and oxygen atoms in total. The minimum Gasteiger partial charge on any atom is -0.464 e. The number of esters is 1. The topological polar surface area (TPSA) is 86.1 Å². The molecule has 1 N–H and O–H groups in total. The Bertz CT molecular complexity index is 934. The van der Waals surface area contributed by atoms with Gasteiger partial charge in [-0.15, -0.1) is 11.3 Å². The first-order valence-corrected chi connectivity index (χ1v) is 9.54. The molecule has 3 aromatic rings. The maximum Gasteiger partial charge on any atom is 0.330 e. The van der Waals surface area contributed by atoms with Crippen LogP contribution in [0.3, 0.4) is 0 Å². The molecule has 1 unspecified atom stereocenters. The van der Waals surface area contributed by atoms with Gasteiger partial charge in [-0.25, -0.2) is 14.8 Å². The second-order valence-electron chi connectivity index (χ2n) is 6.80. The van der Waals surface area contributed by atoms with Gasteiger partial charge in [0.25, 0.3) is 5.91 Å². The molecular weight excluding hydrogens is 364 g/mol. The summed E-state index contributed by atoms with van der Waals surface area (Å²) in [5, 5.41) is 3.08. The molecule has 0 spiro atoms. The van der Waals surface area contributed by atoms with Gasteiger partial charge < -0.3 is 14.6 Å². The first kappa shape index (κ1) is 19.0. The summed E-state index contributed by atoms with van der Waals surface area (Å²) in [5.41, 5.74) is 1.87. The van der Waals surface area contributed by atoms with Crippen molar-refractivity contribution in [2.75, 3.05) is 6.61 Å². The van der Waals surface area contributed by atoms with Crippen molar-refractivity contribution >= 4 is 33.4 Å². The number of thiazole rings is 1. The molecule has 2 aromatic heterocycles. The van der Waals surface area contributed by atoms with Crippen LogP contribution in [0, 0.1) is 12.8 Å². The number of carbonyl (C=O) groups is 2. The van der Waals surface area contributed by atoms with E-state index in [4.69, 9.17) is 4.74 Å². The molecule has 0 aliphatic heterocycles. The highest BCUT2D eigenvalue weighted by Crippen LogP contribution is 2.23. The smallest absolute Gasteiger partial charge is 0.330 e. The van der Waals surface area contributed by atoms with Crippen LogP contribution in [0.4, 0.5) is 0 Å². The van der Waals surface area contributed by atoms with Gasteiger partial charge in [-0.05, 0) is 30.5 Å². The minimum atomic E-state index is -0.820. The zero-order valence-electron chi connectivity index (χ0n) is 15.5. The number of rotatable bonds is 7. The Morgan fingerprint density at radius 2 is 2.15 bits per heavy atom. The van der Waals surface area contributed by atoms with Crippen LogP contribution in [0.1, 0.15) is 29.2 Å². The quantitative estimate of drug-likeness (QED) is 0.631. The summed E-state index contributed by atoms with van der Waals surface area (Å²) in [5.74, 6) is -0.644. The molecule has 2 heterocycles. The summed E-state index contributed by atoms with van der Waals surface area (Å²) < 4.78 is 7.99. The van der Waals surface area contributed by atoms with Gasteiger partial charge in [0.1, 0.15) is 6.04 Å². The van der Waals surface area contributed by atoms with Crippen molar-refractivity contribution in [3.63, 3.8) is 0 Å². The molecule has 0 saturated heterocycles. The molecule has 0 aliphatic carbocycles. The average Bonchev–Trinajstić information content (AvgIpc) is 3.27. The Balaban J connectivity index is 1.76. The van der Waals surface area contributed by atoms with Crippen molar-refractivity contribution in [1.29, 1.82) is 0 Å². The maximum absolute atomic E-state index is 12.7. The molecular formula is C19H22N4O3S. The zero-order chi connectivity index (χ0) is 19.4. The van der Waals surface area contributed by atoms with E-state index in [-0.39, 0.29) is 18.4 Å². The number of benzene rings is 1. The number of aryl methyl sites for hydroxylation is 1. The van der Waals surface area contributed by atoms with E-state index in [1.54, 1.807) is 23.3 Å². The van der Waals surface area contributed by atoms with E-state index in [0.717, 1.165) is 15.8 Å². The molecule has 1 amide bonds. The monoisotopic (exact) mass is 386 g/mol. The molecule has 0 radical (unpaired) electrons. The Morgan fingerprint density at radius 1 is 1.33 bits per heavy atom. The third kappa shape index (κ3) is 4.91.